The molecule has 90 valence electrons. The number of aromatic hydroxyl groups is 1. The van der Waals surface area contributed by atoms with Gasteiger partial charge in [0, 0.05) is 24.7 Å². The normalized spacial score (nSPS) is 12.8. The monoisotopic (exact) mass is 226 g/mol. The lowest BCUT2D eigenvalue weighted by Crippen LogP contribution is -2.35. The molecule has 1 unspecified atom stereocenters. The highest BCUT2D eigenvalue weighted by molar-refractivity contribution is 5.18. The number of nitrogens with one attached hydrogen (secondary N) is 1. The van der Waals surface area contributed by atoms with Gasteiger partial charge in [0.2, 0.25) is 11.8 Å². The topological polar surface area (TPSA) is 74.6 Å². The lowest BCUT2D eigenvalue weighted by atomic mass is 10.3. The number of aromatic nitrogens is 1. The van der Waals surface area contributed by atoms with Crippen LogP contribution in [0.5, 0.6) is 11.8 Å². The van der Waals surface area contributed by atoms with Gasteiger partial charge in [0.25, 0.3) is 0 Å². The van der Waals surface area contributed by atoms with Crippen LogP contribution in [-0.2, 0) is 0 Å². The maximum atomic E-state index is 9.55. The van der Waals surface area contributed by atoms with E-state index in [1.165, 1.54) is 6.07 Å². The highest BCUT2D eigenvalue weighted by Crippen LogP contribution is 2.11. The first-order valence-corrected chi connectivity index (χ1v) is 5.28. The van der Waals surface area contributed by atoms with Crippen LogP contribution >= 0.6 is 0 Å². The number of aliphatic hydroxyl groups excluding tert-OH is 1. The minimum absolute atomic E-state index is 0.0905. The fraction of sp³-hybridized carbons (Fsp3) is 0.545. The minimum atomic E-state index is -0.591. The predicted molar refractivity (Wildman–Crippen MR) is 60.5 cm³/mol. The highest BCUT2D eigenvalue weighted by atomic mass is 16.5. The zero-order valence-corrected chi connectivity index (χ0v) is 9.55. The molecule has 1 atom stereocenters. The minimum Gasteiger partial charge on any atom is -0.493 e. The molecular formula is C11H18N2O3. The standard InChI is InChI=1S/C11H18N2O3/c1-8(2)12-6-9(14)7-16-11-5-3-4-10(15)13-11/h3-5,8-9,12,14H,6-7H2,1-2H3,(H,13,15). The number of nitrogens with zero attached hydrogens (tertiary/aromatic N) is 1. The van der Waals surface area contributed by atoms with Gasteiger partial charge in [-0.15, -0.1) is 0 Å². The summed E-state index contributed by atoms with van der Waals surface area (Å²) in [5, 5.41) is 21.7. The highest BCUT2D eigenvalue weighted by Gasteiger charge is 2.06. The van der Waals surface area contributed by atoms with Crippen molar-refractivity contribution in [1.82, 2.24) is 10.3 Å². The van der Waals surface area contributed by atoms with E-state index in [-0.39, 0.29) is 12.5 Å². The van der Waals surface area contributed by atoms with Crippen LogP contribution in [0.25, 0.3) is 0 Å². The smallest absolute Gasteiger partial charge is 0.216 e. The van der Waals surface area contributed by atoms with E-state index in [9.17, 15) is 5.11 Å². The van der Waals surface area contributed by atoms with Gasteiger partial charge in [-0.2, -0.15) is 4.98 Å². The Morgan fingerprint density at radius 1 is 1.44 bits per heavy atom. The van der Waals surface area contributed by atoms with Crippen molar-refractivity contribution in [3.63, 3.8) is 0 Å². The molecule has 5 heteroatoms. The summed E-state index contributed by atoms with van der Waals surface area (Å²) in [7, 11) is 0. The summed E-state index contributed by atoms with van der Waals surface area (Å²) < 4.78 is 5.22. The molecule has 0 bridgehead atoms. The van der Waals surface area contributed by atoms with E-state index in [0.29, 0.717) is 18.5 Å². The lowest BCUT2D eigenvalue weighted by molar-refractivity contribution is 0.102. The number of pyridine rings is 1. The molecule has 0 aliphatic carbocycles. The van der Waals surface area contributed by atoms with E-state index < -0.39 is 6.10 Å². The summed E-state index contributed by atoms with van der Waals surface area (Å²) in [4.78, 5) is 3.74. The van der Waals surface area contributed by atoms with Gasteiger partial charge < -0.3 is 20.3 Å². The zero-order valence-electron chi connectivity index (χ0n) is 9.55. The first kappa shape index (κ1) is 12.7. The van der Waals surface area contributed by atoms with E-state index >= 15 is 0 Å². The molecule has 0 aliphatic rings. The Hall–Kier alpha value is -1.33. The molecule has 1 aromatic heterocycles. The van der Waals surface area contributed by atoms with E-state index in [1.54, 1.807) is 12.1 Å². The van der Waals surface area contributed by atoms with Gasteiger partial charge in [-0.1, -0.05) is 19.9 Å². The molecule has 5 nitrogen and oxygen atoms in total. The Balaban J connectivity index is 2.28. The van der Waals surface area contributed by atoms with Crippen molar-refractivity contribution in [2.45, 2.75) is 26.0 Å². The van der Waals surface area contributed by atoms with Crippen LogP contribution in [-0.4, -0.2) is 40.5 Å². The van der Waals surface area contributed by atoms with E-state index in [4.69, 9.17) is 9.84 Å². The van der Waals surface area contributed by atoms with Crippen LogP contribution in [0.2, 0.25) is 0 Å². The van der Waals surface area contributed by atoms with Crippen molar-refractivity contribution >= 4 is 0 Å². The van der Waals surface area contributed by atoms with Crippen molar-refractivity contribution in [3.8, 4) is 11.8 Å². The molecule has 1 aromatic rings. The van der Waals surface area contributed by atoms with E-state index in [0.717, 1.165) is 0 Å². The van der Waals surface area contributed by atoms with Gasteiger partial charge in [-0.3, -0.25) is 0 Å². The summed E-state index contributed by atoms with van der Waals surface area (Å²) in [5.41, 5.74) is 0. The molecule has 0 saturated carbocycles. The second-order valence-electron chi connectivity index (χ2n) is 3.86. The fourth-order valence-electron chi connectivity index (χ4n) is 1.10. The van der Waals surface area contributed by atoms with Crippen LogP contribution in [0.15, 0.2) is 18.2 Å². The average Bonchev–Trinajstić information content (AvgIpc) is 2.23. The number of ether oxygens (including phenoxy) is 1. The van der Waals surface area contributed by atoms with Crippen molar-refractivity contribution in [2.24, 2.45) is 0 Å². The second-order valence-corrected chi connectivity index (χ2v) is 3.86. The van der Waals surface area contributed by atoms with E-state index in [2.05, 4.69) is 10.3 Å². The molecule has 0 radical (unpaired) electrons. The fourth-order valence-corrected chi connectivity index (χ4v) is 1.10. The predicted octanol–water partition coefficient (Wildman–Crippen LogP) is 0.525. The Morgan fingerprint density at radius 3 is 2.81 bits per heavy atom. The van der Waals surface area contributed by atoms with Crippen LogP contribution in [0.1, 0.15) is 13.8 Å². The molecule has 3 N–H and O–H groups in total. The zero-order chi connectivity index (χ0) is 12.0. The first-order chi connectivity index (χ1) is 7.58. The third kappa shape index (κ3) is 4.95. The molecular weight excluding hydrogens is 208 g/mol. The molecule has 0 saturated heterocycles. The maximum absolute atomic E-state index is 9.55. The Kier molecular flexibility index (Phi) is 5.01. The maximum Gasteiger partial charge on any atom is 0.216 e. The Morgan fingerprint density at radius 2 is 2.19 bits per heavy atom. The van der Waals surface area contributed by atoms with Crippen molar-refractivity contribution in [3.05, 3.63) is 18.2 Å². The van der Waals surface area contributed by atoms with Gasteiger partial charge in [0.05, 0.1) is 0 Å². The number of hydrogen-bond donors (Lipinski definition) is 3. The van der Waals surface area contributed by atoms with Crippen LogP contribution in [0, 0.1) is 0 Å². The van der Waals surface area contributed by atoms with Gasteiger partial charge in [0.1, 0.15) is 12.7 Å². The van der Waals surface area contributed by atoms with Crippen LogP contribution in [0.3, 0.4) is 0 Å². The second kappa shape index (κ2) is 6.30. The molecule has 0 spiro atoms. The van der Waals surface area contributed by atoms with Crippen LogP contribution < -0.4 is 10.1 Å². The summed E-state index contributed by atoms with van der Waals surface area (Å²) in [6, 6.07) is 5.05. The summed E-state index contributed by atoms with van der Waals surface area (Å²) in [6.07, 6.45) is -0.591. The SMILES string of the molecule is CC(C)NCC(O)COc1cccc(O)n1. The van der Waals surface area contributed by atoms with Crippen molar-refractivity contribution in [1.29, 1.82) is 0 Å². The quantitative estimate of drug-likeness (QED) is 0.659. The molecule has 0 amide bonds. The average molecular weight is 226 g/mol. The van der Waals surface area contributed by atoms with Crippen molar-refractivity contribution < 1.29 is 14.9 Å². The molecule has 1 heterocycles. The van der Waals surface area contributed by atoms with Gasteiger partial charge >= 0.3 is 0 Å². The van der Waals surface area contributed by atoms with Gasteiger partial charge in [0.15, 0.2) is 0 Å². The third-order valence-corrected chi connectivity index (χ3v) is 1.89. The first-order valence-electron chi connectivity index (χ1n) is 5.28. The molecule has 1 rings (SSSR count). The number of aliphatic hydroxyl groups is 1. The summed E-state index contributed by atoms with van der Waals surface area (Å²) >= 11 is 0. The molecule has 16 heavy (non-hydrogen) atoms. The lowest BCUT2D eigenvalue weighted by Gasteiger charge is -2.14. The Bertz CT molecular complexity index is 318. The van der Waals surface area contributed by atoms with E-state index in [1.807, 2.05) is 13.8 Å². The van der Waals surface area contributed by atoms with Gasteiger partial charge in [-0.25, -0.2) is 0 Å². The summed E-state index contributed by atoms with van der Waals surface area (Å²) in [6.45, 7) is 4.63. The van der Waals surface area contributed by atoms with Crippen molar-refractivity contribution in [2.75, 3.05) is 13.2 Å². The molecule has 0 aromatic carbocycles. The Labute approximate surface area is 95.1 Å². The number of rotatable bonds is 6. The summed E-state index contributed by atoms with van der Waals surface area (Å²) in [5.74, 6) is 0.218. The molecule has 0 aliphatic heterocycles. The third-order valence-electron chi connectivity index (χ3n) is 1.89. The largest absolute Gasteiger partial charge is 0.493 e. The number of hydrogen-bond acceptors (Lipinski definition) is 5. The van der Waals surface area contributed by atoms with Crippen LogP contribution in [0.4, 0.5) is 0 Å². The van der Waals surface area contributed by atoms with Gasteiger partial charge in [-0.05, 0) is 0 Å². The molecule has 0 fully saturated rings.